The van der Waals surface area contributed by atoms with Crippen LogP contribution in [0.2, 0.25) is 0 Å². The molecule has 2 bridgehead atoms. The second-order valence-electron chi connectivity index (χ2n) is 16.8. The number of hydrogen-bond donors (Lipinski definition) is 3. The molecule has 3 aliphatic heterocycles. The zero-order valence-corrected chi connectivity index (χ0v) is 40.8. The fourth-order valence-electron chi connectivity index (χ4n) is 9.17. The van der Waals surface area contributed by atoms with Crippen LogP contribution in [0.25, 0.3) is 11.2 Å². The van der Waals surface area contributed by atoms with Crippen molar-refractivity contribution in [2.75, 3.05) is 57.3 Å². The van der Waals surface area contributed by atoms with Gasteiger partial charge in [0.25, 0.3) is 5.91 Å². The average Bonchev–Trinajstić information content (AvgIpc) is 4.23. The number of aliphatic hydroxyl groups excluding tert-OH is 1. The molecule has 3 saturated heterocycles. The molecule has 1 amide bonds. The van der Waals surface area contributed by atoms with Crippen LogP contribution < -0.4 is 14.8 Å². The summed E-state index contributed by atoms with van der Waals surface area (Å²) in [5, 5.41) is 14.2. The van der Waals surface area contributed by atoms with Crippen LogP contribution in [-0.2, 0) is 24.3 Å². The zero-order valence-electron chi connectivity index (χ0n) is 38.2. The number of thiol groups is 1. The van der Waals surface area contributed by atoms with Crippen molar-refractivity contribution in [1.29, 1.82) is 0 Å². The van der Waals surface area contributed by atoms with E-state index in [0.717, 1.165) is 82.5 Å². The Morgan fingerprint density at radius 1 is 0.826 bits per heavy atom. The number of imidazole rings is 1. The van der Waals surface area contributed by atoms with Gasteiger partial charge < -0.3 is 38.6 Å². The number of amides is 1. The standard InChI is InChI=1S/C52H53N6O8PS2/c1-61-41-24-20-39(21-25-41)52(38-18-10-5-11-19-38,40-22-26-42(62-2)27-23-40)64-33-51-32-63-44(45(51)66-67(57-28-12-13-29-57)69-31-30-68-50(60)37-16-8-4-9-17-37)49(65-51)58-35-55-43-46(53-34-54-47(43)58)56-48(59)36-14-6-3-7-15-36/h3-11,14-27,34-35,44-45,49,60,68H,12-13,28-33H2,1-2H3,(H,53,54,56,59)/t44-,45+,49-,51-,67?/m1/s1. The second-order valence-corrected chi connectivity index (χ2v) is 21.7. The minimum atomic E-state index is -1.22. The van der Waals surface area contributed by atoms with Gasteiger partial charge in [-0.3, -0.25) is 14.0 Å². The Hall–Kier alpha value is -5.52. The molecule has 10 rings (SSSR count). The number of benzene rings is 5. The van der Waals surface area contributed by atoms with Gasteiger partial charge in [-0.1, -0.05) is 115 Å². The van der Waals surface area contributed by atoms with E-state index >= 15 is 0 Å². The molecule has 14 nitrogen and oxygen atoms in total. The van der Waals surface area contributed by atoms with Gasteiger partial charge in [-0.2, -0.15) is 11.4 Å². The molecule has 0 spiro atoms. The summed E-state index contributed by atoms with van der Waals surface area (Å²) in [6, 6.07) is 44.7. The minimum Gasteiger partial charge on any atom is -0.497 e. The Morgan fingerprint density at radius 3 is 2.07 bits per heavy atom. The number of anilines is 1. The molecule has 1 unspecified atom stereocenters. The number of aliphatic hydroxyl groups is 1. The van der Waals surface area contributed by atoms with Crippen LogP contribution in [0.3, 0.4) is 0 Å². The predicted octanol–water partition coefficient (Wildman–Crippen LogP) is 9.41. The molecule has 2 N–H and O–H groups in total. The first-order chi connectivity index (χ1) is 33.9. The van der Waals surface area contributed by atoms with Gasteiger partial charge in [0.1, 0.15) is 46.3 Å². The number of aromatic nitrogens is 4. The van der Waals surface area contributed by atoms with E-state index in [4.69, 9.17) is 33.2 Å². The molecule has 5 atom stereocenters. The van der Waals surface area contributed by atoms with Gasteiger partial charge in [-0.15, -0.1) is 0 Å². The molecule has 3 aliphatic rings. The van der Waals surface area contributed by atoms with Gasteiger partial charge in [0.15, 0.2) is 30.7 Å². The zero-order chi connectivity index (χ0) is 47.2. The van der Waals surface area contributed by atoms with E-state index in [1.165, 1.54) is 6.33 Å². The number of fused-ring (bicyclic) bond motifs is 3. The number of carbonyl (C=O) groups is 1. The molecule has 17 heteroatoms. The van der Waals surface area contributed by atoms with Crippen LogP contribution in [0.5, 0.6) is 11.5 Å². The molecule has 2 aromatic heterocycles. The largest absolute Gasteiger partial charge is 0.497 e. The summed E-state index contributed by atoms with van der Waals surface area (Å²) in [6.45, 7) is 2.08. The van der Waals surface area contributed by atoms with E-state index in [2.05, 4.69) is 32.1 Å². The summed E-state index contributed by atoms with van der Waals surface area (Å²) in [5.41, 5.74) is 2.58. The number of carbonyl (C=O) groups excluding carboxylic acids is 1. The maximum Gasteiger partial charge on any atom is 0.256 e. The van der Waals surface area contributed by atoms with Crippen molar-refractivity contribution >= 4 is 58.2 Å². The van der Waals surface area contributed by atoms with Gasteiger partial charge in [-0.25, -0.2) is 15.0 Å². The highest BCUT2D eigenvalue weighted by Crippen LogP contribution is 2.61. The second kappa shape index (κ2) is 21.2. The molecular weight excluding hydrogens is 932 g/mol. The quantitative estimate of drug-likeness (QED) is 0.0232. The van der Waals surface area contributed by atoms with E-state index in [9.17, 15) is 9.90 Å². The lowest BCUT2D eigenvalue weighted by molar-refractivity contribution is -0.201. The maximum atomic E-state index is 13.3. The first-order valence-corrected chi connectivity index (χ1v) is 26.7. The summed E-state index contributed by atoms with van der Waals surface area (Å²) in [7, 11) is 2.09. The van der Waals surface area contributed by atoms with Crippen molar-refractivity contribution in [1.82, 2.24) is 24.2 Å². The predicted molar refractivity (Wildman–Crippen MR) is 273 cm³/mol. The third-order valence-corrected chi connectivity index (χ3v) is 18.0. The first kappa shape index (κ1) is 47.2. The Kier molecular flexibility index (Phi) is 14.5. The Morgan fingerprint density at radius 2 is 1.43 bits per heavy atom. The Balaban J connectivity index is 1.02. The van der Waals surface area contributed by atoms with Gasteiger partial charge >= 0.3 is 0 Å². The molecule has 0 radical (unpaired) electrons. The molecule has 0 aliphatic carbocycles. The number of hydrogen-bond acceptors (Lipinski definition) is 12. The SMILES string of the molecule is COc1ccc(C(OC[C@@]23CO[C@@H]([C@H](n4cnc5c(NC(=O)c6ccccc6)ncnc54)O2)[C@@H]3OP(SCC[SH]=C(O)c2ccccc2)N2CCCC2)(c2ccccc2)c2ccc(OC)cc2)cc1. The fraction of sp³-hybridized carbons (Fsp3) is 0.288. The lowest BCUT2D eigenvalue weighted by Crippen LogP contribution is -2.49. The van der Waals surface area contributed by atoms with E-state index in [1.807, 2.05) is 120 Å². The molecule has 0 saturated carbocycles. The molecular formula is C52H53N6O8PS2. The van der Waals surface area contributed by atoms with Crippen LogP contribution in [0.15, 0.2) is 152 Å². The number of nitrogens with one attached hydrogen (secondary N) is 1. The van der Waals surface area contributed by atoms with E-state index in [1.54, 1.807) is 44.1 Å². The maximum absolute atomic E-state index is 13.3. The third-order valence-electron chi connectivity index (χ3n) is 12.7. The van der Waals surface area contributed by atoms with Gasteiger partial charge in [0, 0.05) is 30.0 Å². The van der Waals surface area contributed by atoms with Crippen molar-refractivity contribution < 1.29 is 38.1 Å². The molecule has 5 aromatic carbocycles. The van der Waals surface area contributed by atoms with E-state index in [0.29, 0.717) is 21.8 Å². The molecule has 356 valence electrons. The summed E-state index contributed by atoms with van der Waals surface area (Å²) >= 11 is 2.63. The molecule has 7 aromatic rings. The molecule has 5 heterocycles. The van der Waals surface area contributed by atoms with Crippen molar-refractivity contribution in [3.63, 3.8) is 0 Å². The number of nitrogens with zero attached hydrogens (tertiary/aromatic N) is 5. The molecule has 69 heavy (non-hydrogen) atoms. The molecule has 3 fully saturated rings. The van der Waals surface area contributed by atoms with E-state index in [-0.39, 0.29) is 24.9 Å². The van der Waals surface area contributed by atoms with Crippen molar-refractivity contribution in [2.24, 2.45) is 0 Å². The monoisotopic (exact) mass is 984 g/mol. The number of ether oxygens (including phenoxy) is 5. The van der Waals surface area contributed by atoms with Crippen molar-refractivity contribution in [3.8, 4) is 11.5 Å². The summed E-state index contributed by atoms with van der Waals surface area (Å²) in [5.74, 6) is 2.90. The number of methoxy groups -OCH3 is 2. The highest BCUT2D eigenvalue weighted by molar-refractivity contribution is 8.53. The lowest BCUT2D eigenvalue weighted by atomic mass is 9.79. The van der Waals surface area contributed by atoms with Gasteiger partial charge in [0.2, 0.25) is 0 Å². The Bertz CT molecular complexity index is 2810. The van der Waals surface area contributed by atoms with Crippen molar-refractivity contribution in [2.45, 2.75) is 42.5 Å². The highest BCUT2D eigenvalue weighted by Gasteiger charge is 2.65. The lowest BCUT2D eigenvalue weighted by Gasteiger charge is -2.40. The first-order valence-electron chi connectivity index (χ1n) is 22.8. The Labute approximate surface area is 409 Å². The van der Waals surface area contributed by atoms with Crippen molar-refractivity contribution in [3.05, 3.63) is 180 Å². The van der Waals surface area contributed by atoms with Gasteiger partial charge in [-0.05, 0) is 71.7 Å². The minimum absolute atomic E-state index is 0.0595. The van der Waals surface area contributed by atoms with E-state index < -0.39 is 37.1 Å². The normalized spacial score (nSPS) is 21.0. The van der Waals surface area contributed by atoms with Crippen LogP contribution in [0, 0.1) is 0 Å². The van der Waals surface area contributed by atoms with Crippen LogP contribution in [0.1, 0.15) is 51.7 Å². The summed E-state index contributed by atoms with van der Waals surface area (Å²) in [6.07, 6.45) is 3.29. The van der Waals surface area contributed by atoms with Gasteiger partial charge in [0.05, 0.1) is 33.8 Å². The summed E-state index contributed by atoms with van der Waals surface area (Å²) < 4.78 is 44.8. The average molecular weight is 985 g/mol. The smallest absolute Gasteiger partial charge is 0.256 e. The fourth-order valence-corrected chi connectivity index (χ4v) is 14.7. The van der Waals surface area contributed by atoms with Crippen LogP contribution in [0.4, 0.5) is 5.82 Å². The third kappa shape index (κ3) is 9.70. The van der Waals surface area contributed by atoms with Crippen LogP contribution in [-0.4, -0.2) is 110 Å². The van der Waals surface area contributed by atoms with Crippen LogP contribution >= 0.6 is 30.2 Å². The number of rotatable bonds is 19. The highest BCUT2D eigenvalue weighted by atomic mass is 32.7. The topological polar surface area (TPSA) is 152 Å². The summed E-state index contributed by atoms with van der Waals surface area (Å²) in [4.78, 5) is 27.2.